The van der Waals surface area contributed by atoms with Crippen molar-refractivity contribution in [3.8, 4) is 0 Å². The van der Waals surface area contributed by atoms with Crippen molar-refractivity contribution in [2.75, 3.05) is 0 Å². The summed E-state index contributed by atoms with van der Waals surface area (Å²) in [5.41, 5.74) is 2.60. The molecule has 0 fully saturated rings. The number of fused-ring (bicyclic) bond motifs is 1. The molecule has 2 aromatic heterocycles. The van der Waals surface area contributed by atoms with Crippen LogP contribution in [0.15, 0.2) is 28.8 Å². The molecule has 20 heavy (non-hydrogen) atoms. The van der Waals surface area contributed by atoms with Crippen molar-refractivity contribution in [1.82, 2.24) is 14.7 Å². The molecule has 0 saturated heterocycles. The summed E-state index contributed by atoms with van der Waals surface area (Å²) in [5.74, 6) is 0.615. The Bertz CT molecular complexity index is 801. The van der Waals surface area contributed by atoms with Gasteiger partial charge < -0.3 is 14.2 Å². The van der Waals surface area contributed by atoms with Crippen molar-refractivity contribution in [1.29, 1.82) is 0 Å². The highest BCUT2D eigenvalue weighted by atomic mass is 16.5. The summed E-state index contributed by atoms with van der Waals surface area (Å²) in [4.78, 5) is 15.4. The minimum atomic E-state index is -0.953. The van der Waals surface area contributed by atoms with Crippen LogP contribution in [-0.4, -0.2) is 25.8 Å². The molecule has 0 amide bonds. The molecule has 1 N–H and O–H groups in total. The fraction of sp³-hybridized carbons (Fsp3) is 0.214. The van der Waals surface area contributed by atoms with E-state index in [2.05, 4.69) is 10.1 Å². The highest BCUT2D eigenvalue weighted by Crippen LogP contribution is 2.19. The van der Waals surface area contributed by atoms with Crippen molar-refractivity contribution in [2.24, 2.45) is 0 Å². The molecule has 0 radical (unpaired) electrons. The lowest BCUT2D eigenvalue weighted by Crippen LogP contribution is -2.02. The van der Waals surface area contributed by atoms with Crippen LogP contribution in [0, 0.1) is 13.8 Å². The second kappa shape index (κ2) is 4.48. The third-order valence-electron chi connectivity index (χ3n) is 3.18. The molecule has 3 aromatic rings. The number of imidazole rings is 1. The number of benzene rings is 1. The highest BCUT2D eigenvalue weighted by molar-refractivity contribution is 5.92. The number of carboxylic acid groups (broad SMARTS) is 1. The monoisotopic (exact) mass is 271 g/mol. The summed E-state index contributed by atoms with van der Waals surface area (Å²) >= 11 is 0. The Morgan fingerprint density at radius 2 is 2.15 bits per heavy atom. The van der Waals surface area contributed by atoms with Gasteiger partial charge in [0.25, 0.3) is 0 Å². The van der Waals surface area contributed by atoms with Crippen LogP contribution >= 0.6 is 0 Å². The molecule has 0 saturated carbocycles. The van der Waals surface area contributed by atoms with E-state index < -0.39 is 5.97 Å². The zero-order valence-electron chi connectivity index (χ0n) is 11.1. The minimum Gasteiger partial charge on any atom is -0.478 e. The van der Waals surface area contributed by atoms with Crippen LogP contribution in [0.1, 0.15) is 27.6 Å². The van der Waals surface area contributed by atoms with E-state index in [1.165, 1.54) is 0 Å². The number of hydrogen-bond acceptors (Lipinski definition) is 4. The Labute approximate surface area is 114 Å². The largest absolute Gasteiger partial charge is 0.478 e. The van der Waals surface area contributed by atoms with Crippen LogP contribution in [0.4, 0.5) is 0 Å². The van der Waals surface area contributed by atoms with Gasteiger partial charge in [-0.05, 0) is 32.0 Å². The van der Waals surface area contributed by atoms with E-state index in [1.807, 2.05) is 24.5 Å². The molecule has 0 bridgehead atoms. The molecule has 0 spiro atoms. The van der Waals surface area contributed by atoms with Gasteiger partial charge in [0.15, 0.2) is 0 Å². The van der Waals surface area contributed by atoms with Crippen LogP contribution in [0.3, 0.4) is 0 Å². The summed E-state index contributed by atoms with van der Waals surface area (Å²) in [6, 6.07) is 6.80. The number of aryl methyl sites for hydroxylation is 2. The van der Waals surface area contributed by atoms with Gasteiger partial charge in [-0.25, -0.2) is 9.78 Å². The molecule has 6 heteroatoms. The van der Waals surface area contributed by atoms with Crippen LogP contribution in [0.2, 0.25) is 0 Å². The number of rotatable bonds is 3. The van der Waals surface area contributed by atoms with Gasteiger partial charge in [0.05, 0.1) is 23.1 Å². The molecule has 0 aliphatic carbocycles. The molecule has 0 aliphatic rings. The van der Waals surface area contributed by atoms with Crippen molar-refractivity contribution in [3.05, 3.63) is 47.1 Å². The summed E-state index contributed by atoms with van der Waals surface area (Å²) in [6.07, 6.45) is 0. The van der Waals surface area contributed by atoms with Gasteiger partial charge in [-0.15, -0.1) is 0 Å². The number of aromatic carboxylic acids is 1. The van der Waals surface area contributed by atoms with Gasteiger partial charge in [0.2, 0.25) is 0 Å². The summed E-state index contributed by atoms with van der Waals surface area (Å²) in [5, 5.41) is 13.0. The van der Waals surface area contributed by atoms with Gasteiger partial charge in [-0.1, -0.05) is 5.16 Å². The van der Waals surface area contributed by atoms with Crippen LogP contribution in [0.5, 0.6) is 0 Å². The lowest BCUT2D eigenvalue weighted by Gasteiger charge is -2.03. The quantitative estimate of drug-likeness (QED) is 0.791. The van der Waals surface area contributed by atoms with Gasteiger partial charge in [-0.3, -0.25) is 0 Å². The van der Waals surface area contributed by atoms with E-state index in [9.17, 15) is 4.79 Å². The molecule has 6 nitrogen and oxygen atoms in total. The zero-order valence-corrected chi connectivity index (χ0v) is 11.1. The number of nitrogens with zero attached hydrogens (tertiary/aromatic N) is 3. The standard InChI is InChI=1S/C14H13N3O3/c1-8-5-11(16-20-8)7-17-9(2)15-12-6-10(14(18)19)3-4-13(12)17/h3-6H,7H2,1-2H3,(H,18,19). The van der Waals surface area contributed by atoms with E-state index in [0.29, 0.717) is 12.1 Å². The zero-order chi connectivity index (χ0) is 14.3. The number of aromatic nitrogens is 3. The Balaban J connectivity index is 2.06. The Hall–Kier alpha value is -2.63. The molecule has 102 valence electrons. The molecule has 3 rings (SSSR count). The topological polar surface area (TPSA) is 81.2 Å². The number of carboxylic acids is 1. The SMILES string of the molecule is Cc1cc(Cn2c(C)nc3cc(C(=O)O)ccc32)no1. The molecule has 0 atom stereocenters. The average Bonchev–Trinajstić information content (AvgIpc) is 2.94. The molecular formula is C14H13N3O3. The third kappa shape index (κ3) is 2.05. The van der Waals surface area contributed by atoms with Gasteiger partial charge >= 0.3 is 5.97 Å². The first-order chi connectivity index (χ1) is 9.54. The molecular weight excluding hydrogens is 258 g/mol. The predicted molar refractivity (Wildman–Crippen MR) is 71.8 cm³/mol. The lowest BCUT2D eigenvalue weighted by atomic mass is 10.2. The maximum Gasteiger partial charge on any atom is 0.335 e. The van der Waals surface area contributed by atoms with Gasteiger partial charge in [0, 0.05) is 6.07 Å². The first-order valence-corrected chi connectivity index (χ1v) is 6.17. The van der Waals surface area contributed by atoms with E-state index in [4.69, 9.17) is 9.63 Å². The highest BCUT2D eigenvalue weighted by Gasteiger charge is 2.12. The van der Waals surface area contributed by atoms with Crippen LogP contribution in [0.25, 0.3) is 11.0 Å². The second-order valence-electron chi connectivity index (χ2n) is 4.68. The summed E-state index contributed by atoms with van der Waals surface area (Å²) in [6.45, 7) is 4.27. The second-order valence-corrected chi connectivity index (χ2v) is 4.68. The maximum atomic E-state index is 11.0. The van der Waals surface area contributed by atoms with Crippen LogP contribution in [-0.2, 0) is 6.54 Å². The minimum absolute atomic E-state index is 0.236. The lowest BCUT2D eigenvalue weighted by molar-refractivity contribution is 0.0697. The van der Waals surface area contributed by atoms with Crippen molar-refractivity contribution in [3.63, 3.8) is 0 Å². The number of hydrogen-bond donors (Lipinski definition) is 1. The molecule has 0 aliphatic heterocycles. The van der Waals surface area contributed by atoms with E-state index in [1.54, 1.807) is 18.2 Å². The van der Waals surface area contributed by atoms with Crippen molar-refractivity contribution >= 4 is 17.0 Å². The van der Waals surface area contributed by atoms with E-state index >= 15 is 0 Å². The summed E-state index contributed by atoms with van der Waals surface area (Å²) < 4.78 is 7.04. The van der Waals surface area contributed by atoms with Crippen LogP contribution < -0.4 is 0 Å². The fourth-order valence-corrected chi connectivity index (χ4v) is 2.24. The van der Waals surface area contributed by atoms with Gasteiger partial charge in [-0.2, -0.15) is 0 Å². The smallest absolute Gasteiger partial charge is 0.335 e. The summed E-state index contributed by atoms with van der Waals surface area (Å²) in [7, 11) is 0. The fourth-order valence-electron chi connectivity index (χ4n) is 2.24. The molecule has 2 heterocycles. The molecule has 1 aromatic carbocycles. The van der Waals surface area contributed by atoms with Crippen molar-refractivity contribution < 1.29 is 14.4 Å². The predicted octanol–water partition coefficient (Wildman–Crippen LogP) is 2.39. The first-order valence-electron chi connectivity index (χ1n) is 6.17. The number of carbonyl (C=O) groups is 1. The molecule has 0 unspecified atom stereocenters. The Kier molecular flexibility index (Phi) is 2.78. The maximum absolute atomic E-state index is 11.0. The van der Waals surface area contributed by atoms with E-state index in [0.717, 1.165) is 22.8 Å². The van der Waals surface area contributed by atoms with Gasteiger partial charge in [0.1, 0.15) is 17.3 Å². The Morgan fingerprint density at radius 1 is 1.35 bits per heavy atom. The normalized spacial score (nSPS) is 11.1. The van der Waals surface area contributed by atoms with E-state index in [-0.39, 0.29) is 5.56 Å². The van der Waals surface area contributed by atoms with Crippen molar-refractivity contribution in [2.45, 2.75) is 20.4 Å². The first kappa shape index (κ1) is 12.4. The third-order valence-corrected chi connectivity index (χ3v) is 3.18. The Morgan fingerprint density at radius 3 is 2.80 bits per heavy atom. The average molecular weight is 271 g/mol.